The van der Waals surface area contributed by atoms with Crippen LogP contribution in [0.25, 0.3) is 0 Å². The van der Waals surface area contributed by atoms with E-state index in [9.17, 15) is 24.0 Å². The zero-order valence-electron chi connectivity index (χ0n) is 44.5. The highest BCUT2D eigenvalue weighted by Crippen LogP contribution is 2.57. The number of nitrogens with zero attached hydrogens (tertiary/aromatic N) is 3. The summed E-state index contributed by atoms with van der Waals surface area (Å²) in [4.78, 5) is 71.2. The smallest absolute Gasteiger partial charge is 0.330 e. The molecule has 1 amide bonds. The number of ether oxygens (including phenoxy) is 2. The summed E-state index contributed by atoms with van der Waals surface area (Å²) >= 11 is 6.55. The van der Waals surface area contributed by atoms with Gasteiger partial charge in [0.25, 0.3) is 19.4 Å². The third-order valence-electron chi connectivity index (χ3n) is 14.5. The second kappa shape index (κ2) is 22.9. The summed E-state index contributed by atoms with van der Waals surface area (Å²) in [5.74, 6) is -0.206. The maximum Gasteiger partial charge on any atom is 0.330 e. The Morgan fingerprint density at radius 2 is 1.20 bits per heavy atom. The average molecular weight is 1090 g/mol. The van der Waals surface area contributed by atoms with Crippen molar-refractivity contribution in [3.8, 4) is 0 Å². The summed E-state index contributed by atoms with van der Waals surface area (Å²) in [6.45, 7) is 17.6. The van der Waals surface area contributed by atoms with Crippen LogP contribution in [-0.4, -0.2) is 97.8 Å². The number of hydrogen-bond donors (Lipinski definition) is 2. The zero-order valence-corrected chi connectivity index (χ0v) is 48.2. The summed E-state index contributed by atoms with van der Waals surface area (Å²) in [6, 6.07) is 29.7. The molecule has 0 aliphatic carbocycles. The lowest BCUT2D eigenvalue weighted by molar-refractivity contribution is -0.128. The minimum atomic E-state index is -4.07. The lowest BCUT2D eigenvalue weighted by Crippen LogP contribution is -2.67. The van der Waals surface area contributed by atoms with Crippen LogP contribution in [0, 0.1) is 13.8 Å². The molecule has 5 aromatic rings. The summed E-state index contributed by atoms with van der Waals surface area (Å²) in [5, 5.41) is 1.47. The maximum absolute atomic E-state index is 13.6. The van der Waals surface area contributed by atoms with E-state index in [1.165, 1.54) is 33.4 Å². The summed E-state index contributed by atoms with van der Waals surface area (Å²) in [5.41, 5.74) is -0.971. The van der Waals surface area contributed by atoms with Crippen molar-refractivity contribution in [1.82, 2.24) is 24.0 Å². The number of hydrogen-bond acceptors (Lipinski definition) is 13. The summed E-state index contributed by atoms with van der Waals surface area (Å²) < 4.78 is 51.7. The molecule has 2 aliphatic heterocycles. The zero-order chi connectivity index (χ0) is 54.0. The SMILES string of the molecule is CC(=O)N(C)C[C@H](O[P@](=S)(OC[C@H]1O[C@@H](n2cc(C)c(=O)[nH]c2=O)C[C@@H]1O[Si](C)(C)C(C)(C)C)O[C@H]1C[C@H](n2cc(C)c(=O)[nH]c2=O)O[C@@H]1CO[Si](c1ccccc1)(c1ccccc1)C(C)(C)C)c1ccccc1. The first-order valence-corrected chi connectivity index (χ1v) is 32.3. The van der Waals surface area contributed by atoms with Gasteiger partial charge in [-0.3, -0.25) is 38.0 Å². The number of likely N-dealkylation sites (N-methyl/N-ethyl adjacent to an activating group) is 1. The number of benzene rings is 3. The van der Waals surface area contributed by atoms with Crippen LogP contribution in [0.15, 0.2) is 123 Å². The lowest BCUT2D eigenvalue weighted by Gasteiger charge is -2.43. The largest absolute Gasteiger partial charge is 0.411 e. The number of nitrogens with one attached hydrogen (secondary N) is 2. The molecule has 0 radical (unpaired) electrons. The molecule has 0 unspecified atom stereocenters. The molecule has 400 valence electrons. The van der Waals surface area contributed by atoms with Crippen molar-refractivity contribution < 1.29 is 36.7 Å². The second-order valence-corrected chi connectivity index (χ2v) is 33.8. The number of aryl methyl sites for hydroxylation is 2. The Kier molecular flexibility index (Phi) is 17.6. The van der Waals surface area contributed by atoms with E-state index in [0.29, 0.717) is 16.7 Å². The maximum atomic E-state index is 13.6. The van der Waals surface area contributed by atoms with Gasteiger partial charge < -0.3 is 32.3 Å². The van der Waals surface area contributed by atoms with E-state index >= 15 is 0 Å². The molecule has 21 heteroatoms. The Hall–Kier alpha value is -4.71. The number of carbonyl (C=O) groups is 1. The van der Waals surface area contributed by atoms with Gasteiger partial charge in [0.1, 0.15) is 30.8 Å². The predicted octanol–water partition coefficient (Wildman–Crippen LogP) is 7.11. The molecule has 17 nitrogen and oxygen atoms in total. The second-order valence-electron chi connectivity index (χ2n) is 21.9. The molecule has 2 aliphatic rings. The number of amides is 1. The number of carbonyl (C=O) groups excluding carboxylic acids is 1. The predicted molar refractivity (Wildman–Crippen MR) is 294 cm³/mol. The normalized spacial score (nSPS) is 21.8. The Labute approximate surface area is 440 Å². The van der Waals surface area contributed by atoms with Crippen LogP contribution in [-0.2, 0) is 48.5 Å². The van der Waals surface area contributed by atoms with Crippen LogP contribution < -0.4 is 32.9 Å². The highest BCUT2D eigenvalue weighted by Gasteiger charge is 2.53. The van der Waals surface area contributed by atoms with Gasteiger partial charge in [0, 0.05) is 50.3 Å². The monoisotopic (exact) mass is 1090 g/mol. The van der Waals surface area contributed by atoms with E-state index in [4.69, 9.17) is 43.7 Å². The molecular formula is C53H72N5O12PSSi2. The minimum Gasteiger partial charge on any atom is -0.411 e. The molecule has 4 heterocycles. The van der Waals surface area contributed by atoms with Crippen molar-refractivity contribution in [2.45, 2.75) is 141 Å². The van der Waals surface area contributed by atoms with Crippen LogP contribution in [0.4, 0.5) is 0 Å². The van der Waals surface area contributed by atoms with Gasteiger partial charge in [-0.05, 0) is 64.8 Å². The van der Waals surface area contributed by atoms with Gasteiger partial charge in [-0.25, -0.2) is 9.59 Å². The molecule has 2 N–H and O–H groups in total. The molecule has 2 aromatic heterocycles. The highest BCUT2D eigenvalue weighted by atomic mass is 32.5. The minimum absolute atomic E-state index is 0.0146. The van der Waals surface area contributed by atoms with Crippen LogP contribution in [0.5, 0.6) is 0 Å². The van der Waals surface area contributed by atoms with E-state index in [1.807, 2.05) is 66.7 Å². The lowest BCUT2D eigenvalue weighted by atomic mass is 10.1. The van der Waals surface area contributed by atoms with Crippen molar-refractivity contribution >= 4 is 51.4 Å². The van der Waals surface area contributed by atoms with Crippen molar-refractivity contribution in [3.63, 3.8) is 0 Å². The first kappa shape index (κ1) is 57.0. The van der Waals surface area contributed by atoms with E-state index < -0.39 is 93.9 Å². The van der Waals surface area contributed by atoms with E-state index in [2.05, 4.69) is 88.9 Å². The molecule has 0 saturated carbocycles. The van der Waals surface area contributed by atoms with E-state index in [1.54, 1.807) is 20.9 Å². The molecule has 7 rings (SSSR count). The molecule has 2 fully saturated rings. The molecule has 2 saturated heterocycles. The Bertz CT molecular complexity index is 2990. The Balaban J connectivity index is 1.32. The third kappa shape index (κ3) is 12.8. The first-order chi connectivity index (χ1) is 34.7. The van der Waals surface area contributed by atoms with Crippen molar-refractivity contribution in [2.24, 2.45) is 0 Å². The fraction of sp³-hybridized carbons (Fsp3) is 0.491. The molecule has 3 aromatic carbocycles. The van der Waals surface area contributed by atoms with Gasteiger partial charge in [-0.2, -0.15) is 0 Å². The van der Waals surface area contributed by atoms with Gasteiger partial charge in [0.15, 0.2) is 8.32 Å². The van der Waals surface area contributed by atoms with Gasteiger partial charge in [0.05, 0.1) is 32.0 Å². The Morgan fingerprint density at radius 3 is 1.66 bits per heavy atom. The van der Waals surface area contributed by atoms with Crippen LogP contribution in [0.1, 0.15) is 96.6 Å². The molecule has 8 atom stereocenters. The number of aromatic amines is 2. The van der Waals surface area contributed by atoms with Gasteiger partial charge in [-0.1, -0.05) is 133 Å². The highest BCUT2D eigenvalue weighted by molar-refractivity contribution is 8.07. The van der Waals surface area contributed by atoms with Crippen LogP contribution in [0.2, 0.25) is 23.2 Å². The Morgan fingerprint density at radius 1 is 0.743 bits per heavy atom. The van der Waals surface area contributed by atoms with Crippen molar-refractivity contribution in [1.29, 1.82) is 0 Å². The van der Waals surface area contributed by atoms with Crippen molar-refractivity contribution in [3.05, 3.63) is 162 Å². The average Bonchev–Trinajstić information content (AvgIpc) is 3.93. The summed E-state index contributed by atoms with van der Waals surface area (Å²) in [6.07, 6.45) is -2.64. The fourth-order valence-corrected chi connectivity index (χ4v) is 17.5. The van der Waals surface area contributed by atoms with E-state index in [-0.39, 0.29) is 43.5 Å². The van der Waals surface area contributed by atoms with Gasteiger partial charge in [0.2, 0.25) is 5.91 Å². The molecular weight excluding hydrogens is 1020 g/mol. The first-order valence-electron chi connectivity index (χ1n) is 25.0. The van der Waals surface area contributed by atoms with Gasteiger partial charge in [-0.15, -0.1) is 0 Å². The van der Waals surface area contributed by atoms with Crippen LogP contribution in [0.3, 0.4) is 0 Å². The van der Waals surface area contributed by atoms with Crippen LogP contribution >= 0.6 is 6.72 Å². The number of aromatic nitrogens is 4. The fourth-order valence-electron chi connectivity index (χ4n) is 9.22. The number of H-pyrrole nitrogens is 2. The topological polar surface area (TPSA) is 195 Å². The van der Waals surface area contributed by atoms with Crippen molar-refractivity contribution in [2.75, 3.05) is 26.8 Å². The molecule has 0 bridgehead atoms. The standard InChI is InChI=1S/C53H72N5O12PSSi2/c1-35-30-57(50(62)54-48(35)60)46-28-41(45(67-46)34-65-74(53(7,8)9,39-24-18-14-19-25-39)40-26-20-15-21-27-40)68-71(72,69-43(32-56(10)37(3)59)38-22-16-13-17-23-38)64-33-44-42(70-73(11,12)52(4,5)6)29-47(66-44)58-31-36(2)49(61)55-51(58)63/h13-27,30-31,41-47H,28-29,32-34H2,1-12H3,(H,54,60,62)(H,55,61,63)/t41-,42-,43-,44+,45+,46+,47+,71-/m0/s1. The van der Waals surface area contributed by atoms with Gasteiger partial charge >= 0.3 is 18.1 Å². The third-order valence-corrected chi connectivity index (χ3v) is 26.3. The molecule has 0 spiro atoms. The number of rotatable bonds is 19. The molecule has 74 heavy (non-hydrogen) atoms. The summed E-state index contributed by atoms with van der Waals surface area (Å²) in [7, 11) is -4.03. The van der Waals surface area contributed by atoms with E-state index in [0.717, 1.165) is 10.4 Å². The quantitative estimate of drug-likeness (QED) is 0.0628.